The van der Waals surface area contributed by atoms with Crippen molar-refractivity contribution < 1.29 is 0 Å². The Bertz CT molecular complexity index is 1130. The molecule has 0 aliphatic heterocycles. The van der Waals surface area contributed by atoms with Crippen molar-refractivity contribution in [3.05, 3.63) is 95.8 Å². The van der Waals surface area contributed by atoms with E-state index >= 15 is 0 Å². The number of aromatic nitrogens is 4. The lowest BCUT2D eigenvalue weighted by Crippen LogP contribution is -2.09. The van der Waals surface area contributed by atoms with E-state index in [1.165, 1.54) is 17.3 Å². The molecule has 2 aromatic carbocycles. The summed E-state index contributed by atoms with van der Waals surface area (Å²) < 4.78 is 2.07. The Morgan fingerprint density at radius 3 is 2.47 bits per heavy atom. The van der Waals surface area contributed by atoms with E-state index in [2.05, 4.69) is 69.1 Å². The van der Waals surface area contributed by atoms with E-state index in [0.717, 1.165) is 27.7 Å². The topological polar surface area (TPSA) is 67.4 Å². The van der Waals surface area contributed by atoms with Gasteiger partial charge in [0.05, 0.1) is 12.6 Å². The van der Waals surface area contributed by atoms with Crippen LogP contribution in [0.5, 0.6) is 0 Å². The molecule has 2 heterocycles. The molecule has 6 heteroatoms. The Morgan fingerprint density at radius 1 is 0.967 bits per heavy atom. The molecule has 2 aromatic heterocycles. The molecule has 0 fully saturated rings. The minimum absolute atomic E-state index is 0.256. The van der Waals surface area contributed by atoms with Crippen molar-refractivity contribution in [3.63, 3.8) is 0 Å². The van der Waals surface area contributed by atoms with Gasteiger partial charge < -0.3 is 0 Å². The van der Waals surface area contributed by atoms with Crippen molar-refractivity contribution >= 4 is 11.8 Å². The maximum absolute atomic E-state index is 9.77. The quantitative estimate of drug-likeness (QED) is 0.404. The number of hydrogen-bond acceptors (Lipinski definition) is 5. The minimum Gasteiger partial charge on any atom is -0.297 e. The summed E-state index contributed by atoms with van der Waals surface area (Å²) in [6.45, 7) is 2.69. The number of aryl methyl sites for hydroxylation is 1. The van der Waals surface area contributed by atoms with Crippen molar-refractivity contribution in [1.29, 1.82) is 5.26 Å². The van der Waals surface area contributed by atoms with Gasteiger partial charge >= 0.3 is 0 Å². The first-order chi connectivity index (χ1) is 14.7. The third-order valence-corrected chi connectivity index (χ3v) is 5.82. The van der Waals surface area contributed by atoms with Gasteiger partial charge in [0.25, 0.3) is 0 Å². The molecule has 1 unspecified atom stereocenters. The lowest BCUT2D eigenvalue weighted by molar-refractivity contribution is 0.713. The molecule has 0 aliphatic carbocycles. The first-order valence-corrected chi connectivity index (χ1v) is 10.6. The lowest BCUT2D eigenvalue weighted by atomic mass is 10.1. The lowest BCUT2D eigenvalue weighted by Gasteiger charge is -2.13. The summed E-state index contributed by atoms with van der Waals surface area (Å²) in [6, 6.07) is 24.8. The number of pyridine rings is 1. The summed E-state index contributed by atoms with van der Waals surface area (Å²) in [6.07, 6.45) is 4.18. The summed E-state index contributed by atoms with van der Waals surface area (Å²) in [5.41, 5.74) is 4.40. The van der Waals surface area contributed by atoms with Crippen LogP contribution in [0.25, 0.3) is 11.4 Å². The van der Waals surface area contributed by atoms with Crippen molar-refractivity contribution in [2.45, 2.75) is 30.3 Å². The highest BCUT2D eigenvalue weighted by Gasteiger charge is 2.19. The maximum atomic E-state index is 9.77. The van der Waals surface area contributed by atoms with Gasteiger partial charge in [0.2, 0.25) is 0 Å². The van der Waals surface area contributed by atoms with Crippen molar-refractivity contribution in [3.8, 4) is 17.5 Å². The normalized spacial score (nSPS) is 11.7. The smallest absolute Gasteiger partial charge is 0.193 e. The van der Waals surface area contributed by atoms with Crippen LogP contribution >= 0.6 is 11.8 Å². The zero-order valence-corrected chi connectivity index (χ0v) is 17.5. The van der Waals surface area contributed by atoms with Gasteiger partial charge in [-0.3, -0.25) is 9.55 Å². The van der Waals surface area contributed by atoms with Crippen LogP contribution in [0.1, 0.15) is 16.7 Å². The van der Waals surface area contributed by atoms with Crippen LogP contribution in [-0.2, 0) is 13.0 Å². The summed E-state index contributed by atoms with van der Waals surface area (Å²) in [4.78, 5) is 4.22. The van der Waals surface area contributed by atoms with E-state index < -0.39 is 0 Å². The second-order valence-corrected chi connectivity index (χ2v) is 8.21. The second kappa shape index (κ2) is 9.38. The van der Waals surface area contributed by atoms with Gasteiger partial charge in [-0.15, -0.1) is 10.2 Å². The Balaban J connectivity index is 1.64. The van der Waals surface area contributed by atoms with Crippen molar-refractivity contribution in [2.24, 2.45) is 0 Å². The van der Waals surface area contributed by atoms with Crippen molar-refractivity contribution in [1.82, 2.24) is 19.7 Å². The third-order valence-electron chi connectivity index (χ3n) is 4.75. The van der Waals surface area contributed by atoms with E-state index in [1.54, 1.807) is 12.4 Å². The zero-order chi connectivity index (χ0) is 20.8. The van der Waals surface area contributed by atoms with Crippen LogP contribution in [0, 0.1) is 18.3 Å². The summed E-state index contributed by atoms with van der Waals surface area (Å²) in [5, 5.41) is 19.1. The highest BCUT2D eigenvalue weighted by Crippen LogP contribution is 2.29. The molecule has 0 N–H and O–H groups in total. The first kappa shape index (κ1) is 19.9. The van der Waals surface area contributed by atoms with Gasteiger partial charge in [-0.2, -0.15) is 5.26 Å². The van der Waals surface area contributed by atoms with Crippen LogP contribution in [0.2, 0.25) is 0 Å². The summed E-state index contributed by atoms with van der Waals surface area (Å²) in [5.74, 6) is 0.751. The first-order valence-electron chi connectivity index (χ1n) is 9.72. The summed E-state index contributed by atoms with van der Waals surface area (Å²) >= 11 is 1.46. The SMILES string of the molecule is Cc1ccc(CC(C#N)Sc2nnc(-c3cccnc3)n2Cc2ccccc2)cc1. The molecule has 4 rings (SSSR count). The number of hydrogen-bond donors (Lipinski definition) is 0. The molecule has 30 heavy (non-hydrogen) atoms. The molecule has 0 radical (unpaired) electrons. The number of thioether (sulfide) groups is 1. The molecule has 0 saturated carbocycles. The highest BCUT2D eigenvalue weighted by atomic mass is 32.2. The van der Waals surface area contributed by atoms with Gasteiger partial charge in [0, 0.05) is 18.0 Å². The average Bonchev–Trinajstić information content (AvgIpc) is 3.18. The Labute approximate surface area is 180 Å². The Morgan fingerprint density at radius 2 is 1.77 bits per heavy atom. The van der Waals surface area contributed by atoms with E-state index in [9.17, 15) is 5.26 Å². The highest BCUT2D eigenvalue weighted by molar-refractivity contribution is 8.00. The zero-order valence-electron chi connectivity index (χ0n) is 16.6. The Hall–Kier alpha value is -3.43. The molecule has 0 amide bonds. The van der Waals surface area contributed by atoms with Crippen LogP contribution in [0.3, 0.4) is 0 Å². The van der Waals surface area contributed by atoms with Crippen LogP contribution in [0.15, 0.2) is 84.3 Å². The molecule has 1 atom stereocenters. The minimum atomic E-state index is -0.256. The van der Waals surface area contributed by atoms with E-state index in [0.29, 0.717) is 13.0 Å². The van der Waals surface area contributed by atoms with Gasteiger partial charge in [-0.1, -0.05) is 71.9 Å². The molecule has 4 aromatic rings. The molecule has 148 valence electrons. The number of rotatable bonds is 7. The van der Waals surface area contributed by atoms with Gasteiger partial charge in [0.1, 0.15) is 5.25 Å². The largest absolute Gasteiger partial charge is 0.297 e. The maximum Gasteiger partial charge on any atom is 0.193 e. The fourth-order valence-electron chi connectivity index (χ4n) is 3.17. The fourth-order valence-corrected chi connectivity index (χ4v) is 4.12. The number of nitriles is 1. The second-order valence-electron chi connectivity index (χ2n) is 7.04. The fraction of sp³-hybridized carbons (Fsp3) is 0.167. The van der Waals surface area contributed by atoms with Crippen molar-refractivity contribution in [2.75, 3.05) is 0 Å². The predicted octanol–water partition coefficient (Wildman–Crippen LogP) is 4.92. The van der Waals surface area contributed by atoms with Crippen LogP contribution in [0.4, 0.5) is 0 Å². The van der Waals surface area contributed by atoms with E-state index in [-0.39, 0.29) is 5.25 Å². The number of benzene rings is 2. The van der Waals surface area contributed by atoms with E-state index in [4.69, 9.17) is 0 Å². The molecule has 0 saturated heterocycles. The van der Waals surface area contributed by atoms with E-state index in [1.807, 2.05) is 30.3 Å². The molecular weight excluding hydrogens is 390 g/mol. The van der Waals surface area contributed by atoms with Crippen LogP contribution < -0.4 is 0 Å². The molecule has 0 bridgehead atoms. The van der Waals surface area contributed by atoms with Gasteiger partial charge in [-0.25, -0.2) is 0 Å². The van der Waals surface area contributed by atoms with Gasteiger partial charge in [0.15, 0.2) is 11.0 Å². The Kier molecular flexibility index (Phi) is 6.21. The molecule has 0 spiro atoms. The third kappa shape index (κ3) is 4.76. The van der Waals surface area contributed by atoms with Crippen LogP contribution in [-0.4, -0.2) is 25.0 Å². The molecule has 5 nitrogen and oxygen atoms in total. The number of nitrogens with zero attached hydrogens (tertiary/aromatic N) is 5. The molecular formula is C24H21N5S. The monoisotopic (exact) mass is 411 g/mol. The van der Waals surface area contributed by atoms with Gasteiger partial charge in [-0.05, 0) is 36.6 Å². The molecule has 0 aliphatic rings. The average molecular weight is 412 g/mol. The summed E-state index contributed by atoms with van der Waals surface area (Å²) in [7, 11) is 0. The standard InChI is InChI=1S/C24H21N5S/c1-18-9-11-19(12-10-18)14-22(15-25)30-24-28-27-23(21-8-5-13-26-16-21)29(24)17-20-6-3-2-4-7-20/h2-13,16,22H,14,17H2,1H3. The predicted molar refractivity (Wildman–Crippen MR) is 119 cm³/mol.